The van der Waals surface area contributed by atoms with Crippen molar-refractivity contribution in [3.8, 4) is 0 Å². The number of benzene rings is 1. The fourth-order valence-electron chi connectivity index (χ4n) is 2.32. The Morgan fingerprint density at radius 1 is 1.10 bits per heavy atom. The summed E-state index contributed by atoms with van der Waals surface area (Å²) in [6, 6.07) is 7.62. The van der Waals surface area contributed by atoms with E-state index in [1.165, 1.54) is 0 Å². The molecule has 0 aromatic heterocycles. The molecule has 2 amide bonds. The Morgan fingerprint density at radius 2 is 1.76 bits per heavy atom. The lowest BCUT2D eigenvalue weighted by molar-refractivity contribution is -0.134. The van der Waals surface area contributed by atoms with Gasteiger partial charge in [0.1, 0.15) is 5.41 Å². The lowest BCUT2D eigenvalue weighted by Crippen LogP contribution is -2.40. The fraction of sp³-hybridized carbons (Fsp3) is 0.529. The second-order valence-corrected chi connectivity index (χ2v) is 5.87. The largest absolute Gasteiger partial charge is 0.355 e. The Hall–Kier alpha value is -1.84. The van der Waals surface area contributed by atoms with Gasteiger partial charge in [-0.1, -0.05) is 37.5 Å². The minimum atomic E-state index is -0.836. The Balaban J connectivity index is 1.88. The van der Waals surface area contributed by atoms with E-state index in [0.29, 0.717) is 19.4 Å². The van der Waals surface area contributed by atoms with E-state index >= 15 is 0 Å². The molecule has 4 heteroatoms. The van der Waals surface area contributed by atoms with Gasteiger partial charge in [-0.15, -0.1) is 0 Å². The smallest absolute Gasteiger partial charge is 0.240 e. The molecule has 0 atom stereocenters. The van der Waals surface area contributed by atoms with Crippen LogP contribution in [0.5, 0.6) is 0 Å². The number of carbonyl (C=O) groups excluding carboxylic acids is 2. The molecule has 21 heavy (non-hydrogen) atoms. The van der Waals surface area contributed by atoms with Crippen molar-refractivity contribution in [1.82, 2.24) is 5.32 Å². The summed E-state index contributed by atoms with van der Waals surface area (Å²) in [6.45, 7) is 4.78. The summed E-state index contributed by atoms with van der Waals surface area (Å²) in [6.07, 6.45) is 4.48. The monoisotopic (exact) mass is 288 g/mol. The maximum atomic E-state index is 12.3. The van der Waals surface area contributed by atoms with Crippen molar-refractivity contribution in [2.75, 3.05) is 11.9 Å². The topological polar surface area (TPSA) is 58.2 Å². The Morgan fingerprint density at radius 3 is 2.33 bits per heavy atom. The molecule has 0 spiro atoms. The first-order valence-corrected chi connectivity index (χ1v) is 7.75. The van der Waals surface area contributed by atoms with Crippen molar-refractivity contribution < 1.29 is 9.59 Å². The van der Waals surface area contributed by atoms with Crippen molar-refractivity contribution >= 4 is 17.5 Å². The molecule has 0 bridgehead atoms. The molecule has 0 unspecified atom stereocenters. The van der Waals surface area contributed by atoms with Crippen LogP contribution in [0.4, 0.5) is 5.69 Å². The molecular formula is C17H24N2O2. The molecule has 2 rings (SSSR count). The number of rotatable bonds is 7. The van der Waals surface area contributed by atoms with Crippen molar-refractivity contribution in [3.05, 3.63) is 29.8 Å². The molecule has 0 radical (unpaired) electrons. The molecule has 1 saturated carbocycles. The van der Waals surface area contributed by atoms with Crippen LogP contribution in [0.3, 0.4) is 0 Å². The molecule has 2 N–H and O–H groups in total. The molecule has 0 heterocycles. The Bertz CT molecular complexity index is 504. The zero-order chi connectivity index (χ0) is 15.3. The van der Waals surface area contributed by atoms with Crippen LogP contribution in [0, 0.1) is 12.3 Å². The molecule has 1 aliphatic rings. The first-order chi connectivity index (χ1) is 10.1. The summed E-state index contributed by atoms with van der Waals surface area (Å²) in [7, 11) is 0. The number of aryl methyl sites for hydroxylation is 1. The molecule has 0 aliphatic heterocycles. The average molecular weight is 288 g/mol. The summed E-state index contributed by atoms with van der Waals surface area (Å²) in [4.78, 5) is 24.5. The highest BCUT2D eigenvalue weighted by atomic mass is 16.2. The van der Waals surface area contributed by atoms with Crippen molar-refractivity contribution in [1.29, 1.82) is 0 Å². The van der Waals surface area contributed by atoms with Crippen LogP contribution < -0.4 is 10.6 Å². The van der Waals surface area contributed by atoms with E-state index in [0.717, 1.165) is 30.5 Å². The maximum absolute atomic E-state index is 12.3. The lowest BCUT2D eigenvalue weighted by atomic mass is 10.0. The quantitative estimate of drug-likeness (QED) is 0.598. The standard InChI is InChI=1S/C17H24N2O2/c1-3-4-5-12-18-15(20)17(10-11-17)16(21)19-14-8-6-13(2)7-9-14/h6-9H,3-5,10-12H2,1-2H3,(H,18,20)(H,19,21). The summed E-state index contributed by atoms with van der Waals surface area (Å²) in [5.41, 5.74) is 1.05. The van der Waals surface area contributed by atoms with Gasteiger partial charge < -0.3 is 10.6 Å². The number of amides is 2. The summed E-state index contributed by atoms with van der Waals surface area (Å²) in [5, 5.41) is 5.75. The van der Waals surface area contributed by atoms with Crippen molar-refractivity contribution in [3.63, 3.8) is 0 Å². The number of hydrogen-bond donors (Lipinski definition) is 2. The van der Waals surface area contributed by atoms with E-state index in [4.69, 9.17) is 0 Å². The fourth-order valence-corrected chi connectivity index (χ4v) is 2.32. The molecule has 1 aliphatic carbocycles. The van der Waals surface area contributed by atoms with Crippen LogP contribution in [-0.4, -0.2) is 18.4 Å². The van der Waals surface area contributed by atoms with Gasteiger partial charge in [0, 0.05) is 12.2 Å². The van der Waals surface area contributed by atoms with Gasteiger partial charge >= 0.3 is 0 Å². The van der Waals surface area contributed by atoms with Crippen molar-refractivity contribution in [2.45, 2.75) is 46.0 Å². The second kappa shape index (κ2) is 6.74. The van der Waals surface area contributed by atoms with E-state index < -0.39 is 5.41 Å². The van der Waals surface area contributed by atoms with E-state index in [1.54, 1.807) is 0 Å². The highest BCUT2D eigenvalue weighted by molar-refractivity contribution is 6.13. The van der Waals surface area contributed by atoms with E-state index in [9.17, 15) is 9.59 Å². The van der Waals surface area contributed by atoms with E-state index in [-0.39, 0.29) is 11.8 Å². The van der Waals surface area contributed by atoms with Gasteiger partial charge in [0.2, 0.25) is 11.8 Å². The molecule has 1 fully saturated rings. The lowest BCUT2D eigenvalue weighted by Gasteiger charge is -2.15. The number of unbranched alkanes of at least 4 members (excludes halogenated alkanes) is 2. The van der Waals surface area contributed by atoms with Crippen LogP contribution in [0.1, 0.15) is 44.6 Å². The Labute approximate surface area is 126 Å². The number of nitrogens with one attached hydrogen (secondary N) is 2. The third-order valence-electron chi connectivity index (χ3n) is 3.99. The first kappa shape index (κ1) is 15.5. The molecular weight excluding hydrogens is 264 g/mol. The van der Waals surface area contributed by atoms with Gasteiger partial charge in [0.15, 0.2) is 0 Å². The zero-order valence-electron chi connectivity index (χ0n) is 12.9. The molecule has 4 nitrogen and oxygen atoms in total. The third kappa shape index (κ3) is 3.84. The second-order valence-electron chi connectivity index (χ2n) is 5.87. The first-order valence-electron chi connectivity index (χ1n) is 7.75. The number of hydrogen-bond acceptors (Lipinski definition) is 2. The van der Waals surface area contributed by atoms with Crippen molar-refractivity contribution in [2.24, 2.45) is 5.41 Å². The van der Waals surface area contributed by atoms with E-state index in [1.807, 2.05) is 31.2 Å². The SMILES string of the molecule is CCCCCNC(=O)C1(C(=O)Nc2ccc(C)cc2)CC1. The predicted octanol–water partition coefficient (Wildman–Crippen LogP) is 3.02. The molecule has 0 saturated heterocycles. The van der Waals surface area contributed by atoms with Crippen LogP contribution in [0.2, 0.25) is 0 Å². The minimum Gasteiger partial charge on any atom is -0.355 e. The summed E-state index contributed by atoms with van der Waals surface area (Å²) in [5.74, 6) is -0.303. The summed E-state index contributed by atoms with van der Waals surface area (Å²) < 4.78 is 0. The van der Waals surface area contributed by atoms with Crippen LogP contribution in [0.25, 0.3) is 0 Å². The number of carbonyl (C=O) groups is 2. The average Bonchev–Trinajstić information content (AvgIpc) is 3.27. The minimum absolute atomic E-state index is 0.122. The van der Waals surface area contributed by atoms with Gasteiger partial charge in [0.25, 0.3) is 0 Å². The normalized spacial score (nSPS) is 15.3. The van der Waals surface area contributed by atoms with Crippen LogP contribution in [0.15, 0.2) is 24.3 Å². The van der Waals surface area contributed by atoms with Gasteiger partial charge in [-0.05, 0) is 38.3 Å². The number of anilines is 1. The maximum Gasteiger partial charge on any atom is 0.240 e. The highest BCUT2D eigenvalue weighted by Crippen LogP contribution is 2.46. The Kier molecular flexibility index (Phi) is 4.99. The molecule has 114 valence electrons. The van der Waals surface area contributed by atoms with Gasteiger partial charge in [-0.2, -0.15) is 0 Å². The van der Waals surface area contributed by atoms with Crippen LogP contribution >= 0.6 is 0 Å². The molecule has 1 aromatic carbocycles. The van der Waals surface area contributed by atoms with Gasteiger partial charge in [0.05, 0.1) is 0 Å². The van der Waals surface area contributed by atoms with Gasteiger partial charge in [-0.25, -0.2) is 0 Å². The third-order valence-corrected chi connectivity index (χ3v) is 3.99. The summed E-state index contributed by atoms with van der Waals surface area (Å²) >= 11 is 0. The molecule has 1 aromatic rings. The predicted molar refractivity (Wildman–Crippen MR) is 84.0 cm³/mol. The zero-order valence-corrected chi connectivity index (χ0v) is 12.9. The van der Waals surface area contributed by atoms with Crippen LogP contribution in [-0.2, 0) is 9.59 Å². The van der Waals surface area contributed by atoms with Gasteiger partial charge in [-0.3, -0.25) is 9.59 Å². The highest BCUT2D eigenvalue weighted by Gasteiger charge is 2.56. The van der Waals surface area contributed by atoms with E-state index in [2.05, 4.69) is 17.6 Å².